The molecule has 1 amide bonds. The molecule has 4 nitrogen and oxygen atoms in total. The first-order valence-electron chi connectivity index (χ1n) is 6.88. The second-order valence-corrected chi connectivity index (χ2v) is 5.49. The number of anilines is 1. The van der Waals surface area contributed by atoms with Gasteiger partial charge in [0.15, 0.2) is 0 Å². The molecule has 0 aromatic heterocycles. The van der Waals surface area contributed by atoms with Gasteiger partial charge in [-0.15, -0.1) is 0 Å². The number of primary amides is 1. The van der Waals surface area contributed by atoms with Crippen LogP contribution in [-0.2, 0) is 0 Å². The summed E-state index contributed by atoms with van der Waals surface area (Å²) in [5, 5.41) is 0. The maximum Gasteiger partial charge on any atom is 0.250 e. The largest absolute Gasteiger partial charge is 0.371 e. The molecule has 104 valence electrons. The molecule has 1 aromatic carbocycles. The fourth-order valence-corrected chi connectivity index (χ4v) is 3.12. The lowest BCUT2D eigenvalue weighted by Gasteiger charge is -2.32. The number of nitrogens with two attached hydrogens (primary N) is 2. The monoisotopic (exact) mass is 261 g/mol. The third-order valence-electron chi connectivity index (χ3n) is 4.22. The number of nitrogens with zero attached hydrogens (tertiary/aromatic N) is 1. The Morgan fingerprint density at radius 3 is 2.79 bits per heavy atom. The van der Waals surface area contributed by atoms with Gasteiger partial charge in [0.2, 0.25) is 0 Å². The van der Waals surface area contributed by atoms with E-state index < -0.39 is 0 Å². The maximum atomic E-state index is 11.6. The van der Waals surface area contributed by atoms with Gasteiger partial charge in [0.25, 0.3) is 5.91 Å². The van der Waals surface area contributed by atoms with Crippen molar-refractivity contribution in [3.8, 4) is 0 Å². The zero-order valence-corrected chi connectivity index (χ0v) is 11.7. The highest BCUT2D eigenvalue weighted by Crippen LogP contribution is 2.33. The van der Waals surface area contributed by atoms with Gasteiger partial charge in [0, 0.05) is 18.8 Å². The lowest BCUT2D eigenvalue weighted by atomic mass is 10.0. The van der Waals surface area contributed by atoms with Crippen LogP contribution in [0.15, 0.2) is 18.2 Å². The molecule has 19 heavy (non-hydrogen) atoms. The van der Waals surface area contributed by atoms with Crippen LogP contribution in [0.1, 0.15) is 35.2 Å². The molecule has 0 radical (unpaired) electrons. The zero-order valence-electron chi connectivity index (χ0n) is 11.7. The molecular formula is C15H23N3O. The molecule has 1 saturated carbocycles. The van der Waals surface area contributed by atoms with Crippen molar-refractivity contribution in [1.82, 2.24) is 0 Å². The lowest BCUT2D eigenvalue weighted by Crippen LogP contribution is -2.38. The van der Waals surface area contributed by atoms with Gasteiger partial charge >= 0.3 is 0 Å². The number of benzene rings is 1. The molecule has 0 heterocycles. The van der Waals surface area contributed by atoms with Gasteiger partial charge in [0.1, 0.15) is 0 Å². The van der Waals surface area contributed by atoms with Crippen LogP contribution < -0.4 is 16.4 Å². The van der Waals surface area contributed by atoms with Gasteiger partial charge in [-0.2, -0.15) is 0 Å². The van der Waals surface area contributed by atoms with E-state index in [0.29, 0.717) is 24.1 Å². The first-order chi connectivity index (χ1) is 9.04. The highest BCUT2D eigenvalue weighted by molar-refractivity contribution is 5.98. The molecule has 0 aliphatic heterocycles. The van der Waals surface area contributed by atoms with Crippen molar-refractivity contribution in [3.05, 3.63) is 29.3 Å². The van der Waals surface area contributed by atoms with E-state index in [4.69, 9.17) is 11.5 Å². The Balaban J connectivity index is 2.34. The minimum Gasteiger partial charge on any atom is -0.371 e. The Morgan fingerprint density at radius 2 is 2.16 bits per heavy atom. The van der Waals surface area contributed by atoms with Crippen molar-refractivity contribution < 1.29 is 4.79 Å². The van der Waals surface area contributed by atoms with E-state index >= 15 is 0 Å². The van der Waals surface area contributed by atoms with Gasteiger partial charge in [-0.05, 0) is 49.9 Å². The average Bonchev–Trinajstić information content (AvgIpc) is 2.85. The van der Waals surface area contributed by atoms with Crippen molar-refractivity contribution in [2.45, 2.75) is 32.2 Å². The topological polar surface area (TPSA) is 72.4 Å². The molecule has 4 N–H and O–H groups in total. The van der Waals surface area contributed by atoms with E-state index in [-0.39, 0.29) is 5.91 Å². The van der Waals surface area contributed by atoms with Crippen LogP contribution in [0, 0.1) is 12.8 Å². The lowest BCUT2D eigenvalue weighted by molar-refractivity contribution is 0.100. The minimum atomic E-state index is -0.371. The van der Waals surface area contributed by atoms with Gasteiger partial charge in [-0.1, -0.05) is 12.5 Å². The van der Waals surface area contributed by atoms with Gasteiger partial charge in [-0.25, -0.2) is 0 Å². The first kappa shape index (κ1) is 13.9. The summed E-state index contributed by atoms with van der Waals surface area (Å²) in [7, 11) is 2.04. The second kappa shape index (κ2) is 5.61. The highest BCUT2D eigenvalue weighted by Gasteiger charge is 2.30. The molecule has 0 saturated heterocycles. The van der Waals surface area contributed by atoms with E-state index in [1.165, 1.54) is 12.8 Å². The summed E-state index contributed by atoms with van der Waals surface area (Å²) in [4.78, 5) is 13.8. The molecule has 1 aromatic rings. The Labute approximate surface area is 114 Å². The zero-order chi connectivity index (χ0) is 14.0. The summed E-state index contributed by atoms with van der Waals surface area (Å²) in [6.07, 6.45) is 3.50. The van der Waals surface area contributed by atoms with Crippen molar-refractivity contribution in [3.63, 3.8) is 0 Å². The standard InChI is InChI=1S/C15H23N3O/c1-10-6-7-12(15(17)19)14(8-10)18(2)13-5-3-4-11(13)9-16/h6-8,11,13H,3-5,9,16H2,1-2H3,(H2,17,19). The minimum absolute atomic E-state index is 0.371. The number of amides is 1. The number of aryl methyl sites for hydroxylation is 1. The summed E-state index contributed by atoms with van der Waals surface area (Å²) in [6.45, 7) is 2.73. The molecular weight excluding hydrogens is 238 g/mol. The summed E-state index contributed by atoms with van der Waals surface area (Å²) in [5.41, 5.74) is 14.0. The Kier molecular flexibility index (Phi) is 4.10. The van der Waals surface area contributed by atoms with Crippen LogP contribution in [0.2, 0.25) is 0 Å². The van der Waals surface area contributed by atoms with E-state index in [2.05, 4.69) is 4.90 Å². The predicted octanol–water partition coefficient (Wildman–Crippen LogP) is 1.66. The molecule has 2 rings (SSSR count). The number of carbonyl (C=O) groups excluding carboxylic acids is 1. The van der Waals surface area contributed by atoms with Crippen molar-refractivity contribution in [2.75, 3.05) is 18.5 Å². The summed E-state index contributed by atoms with van der Waals surface area (Å²) < 4.78 is 0. The number of hydrogen-bond donors (Lipinski definition) is 2. The van der Waals surface area contributed by atoms with E-state index in [1.807, 2.05) is 32.2 Å². The van der Waals surface area contributed by atoms with Gasteiger partial charge in [-0.3, -0.25) is 4.79 Å². The molecule has 4 heteroatoms. The molecule has 1 aliphatic carbocycles. The van der Waals surface area contributed by atoms with Gasteiger partial charge in [0.05, 0.1) is 5.56 Å². The fourth-order valence-electron chi connectivity index (χ4n) is 3.12. The van der Waals surface area contributed by atoms with Crippen LogP contribution in [-0.4, -0.2) is 25.5 Å². The van der Waals surface area contributed by atoms with E-state index in [9.17, 15) is 4.79 Å². The Morgan fingerprint density at radius 1 is 1.42 bits per heavy atom. The van der Waals surface area contributed by atoms with Crippen molar-refractivity contribution in [2.24, 2.45) is 17.4 Å². The molecule has 0 spiro atoms. The van der Waals surface area contributed by atoms with Crippen LogP contribution in [0.25, 0.3) is 0 Å². The quantitative estimate of drug-likeness (QED) is 0.865. The molecule has 0 bridgehead atoms. The third kappa shape index (κ3) is 2.73. The molecule has 2 unspecified atom stereocenters. The Bertz CT molecular complexity index is 472. The molecule has 1 aliphatic rings. The predicted molar refractivity (Wildman–Crippen MR) is 78.3 cm³/mol. The first-order valence-corrected chi connectivity index (χ1v) is 6.88. The number of carbonyl (C=O) groups is 1. The number of rotatable bonds is 4. The maximum absolute atomic E-state index is 11.6. The van der Waals surface area contributed by atoms with Crippen molar-refractivity contribution >= 4 is 11.6 Å². The SMILES string of the molecule is Cc1ccc(C(N)=O)c(N(C)C2CCCC2CN)c1. The van der Waals surface area contributed by atoms with Crippen LogP contribution in [0.3, 0.4) is 0 Å². The average molecular weight is 261 g/mol. The highest BCUT2D eigenvalue weighted by atomic mass is 16.1. The normalized spacial score (nSPS) is 22.5. The van der Waals surface area contributed by atoms with Crippen LogP contribution in [0.5, 0.6) is 0 Å². The summed E-state index contributed by atoms with van der Waals surface area (Å²) in [6, 6.07) is 6.18. The summed E-state index contributed by atoms with van der Waals surface area (Å²) >= 11 is 0. The van der Waals surface area contributed by atoms with E-state index in [0.717, 1.165) is 17.7 Å². The van der Waals surface area contributed by atoms with Crippen molar-refractivity contribution in [1.29, 1.82) is 0 Å². The summed E-state index contributed by atoms with van der Waals surface area (Å²) in [5.74, 6) is 0.135. The molecule has 1 fully saturated rings. The Hall–Kier alpha value is -1.55. The van der Waals surface area contributed by atoms with E-state index in [1.54, 1.807) is 0 Å². The fraction of sp³-hybridized carbons (Fsp3) is 0.533. The third-order valence-corrected chi connectivity index (χ3v) is 4.22. The molecule has 2 atom stereocenters. The van der Waals surface area contributed by atoms with Crippen LogP contribution >= 0.6 is 0 Å². The second-order valence-electron chi connectivity index (χ2n) is 5.49. The van der Waals surface area contributed by atoms with Gasteiger partial charge < -0.3 is 16.4 Å². The smallest absolute Gasteiger partial charge is 0.250 e. The number of hydrogen-bond acceptors (Lipinski definition) is 3. The van der Waals surface area contributed by atoms with Crippen LogP contribution in [0.4, 0.5) is 5.69 Å².